The molecule has 1 saturated carbocycles. The average Bonchev–Trinajstić information content (AvgIpc) is 3.26. The molecular weight excluding hydrogens is 259 g/mol. The molecule has 0 bridgehead atoms. The van der Waals surface area contributed by atoms with Gasteiger partial charge >= 0.3 is 0 Å². The van der Waals surface area contributed by atoms with Crippen molar-refractivity contribution in [1.29, 1.82) is 0 Å². The minimum absolute atomic E-state index is 0.0562. The zero-order valence-corrected chi connectivity index (χ0v) is 11.4. The van der Waals surface area contributed by atoms with Gasteiger partial charge in [-0.05, 0) is 37.0 Å². The Morgan fingerprint density at radius 1 is 1.25 bits per heavy atom. The first-order valence-corrected chi connectivity index (χ1v) is 7.13. The summed E-state index contributed by atoms with van der Waals surface area (Å²) in [6.07, 6.45) is 2.66. The summed E-state index contributed by atoms with van der Waals surface area (Å²) in [6, 6.07) is 3.49. The van der Waals surface area contributed by atoms with Crippen molar-refractivity contribution in [2.24, 2.45) is 5.92 Å². The summed E-state index contributed by atoms with van der Waals surface area (Å²) >= 11 is 0. The Morgan fingerprint density at radius 2 is 1.95 bits per heavy atom. The van der Waals surface area contributed by atoms with Gasteiger partial charge in [-0.25, -0.2) is 4.39 Å². The van der Waals surface area contributed by atoms with E-state index in [1.165, 1.54) is 18.9 Å². The van der Waals surface area contributed by atoms with Crippen LogP contribution in [0.2, 0.25) is 0 Å². The normalized spacial score (nSPS) is 20.1. The van der Waals surface area contributed by atoms with Gasteiger partial charge in [0.05, 0.1) is 5.56 Å². The highest BCUT2D eigenvalue weighted by Crippen LogP contribution is 2.30. The van der Waals surface area contributed by atoms with Crippen LogP contribution in [0.5, 0.6) is 5.75 Å². The molecule has 1 N–H and O–H groups in total. The van der Waals surface area contributed by atoms with Crippen LogP contribution < -0.4 is 0 Å². The second-order valence-corrected chi connectivity index (χ2v) is 5.70. The number of piperazine rings is 1. The summed E-state index contributed by atoms with van der Waals surface area (Å²) < 4.78 is 13.2. The van der Waals surface area contributed by atoms with E-state index in [9.17, 15) is 14.3 Å². The van der Waals surface area contributed by atoms with Crippen molar-refractivity contribution in [3.05, 3.63) is 29.6 Å². The standard InChI is InChI=1S/C15H19FN2O2/c16-12-3-4-14(19)13(9-12)15(20)18-7-5-17(6-8-18)10-11-1-2-11/h3-4,9,11,19H,1-2,5-8,10H2. The zero-order valence-electron chi connectivity index (χ0n) is 11.4. The summed E-state index contributed by atoms with van der Waals surface area (Å²) in [5.74, 6) is -0.0899. The van der Waals surface area contributed by atoms with Crippen LogP contribution in [0.3, 0.4) is 0 Å². The monoisotopic (exact) mass is 278 g/mol. The lowest BCUT2D eigenvalue weighted by molar-refractivity contribution is 0.0628. The lowest BCUT2D eigenvalue weighted by Gasteiger charge is -2.34. The van der Waals surface area contributed by atoms with Crippen molar-refractivity contribution in [3.8, 4) is 5.75 Å². The Morgan fingerprint density at radius 3 is 2.60 bits per heavy atom. The van der Waals surface area contributed by atoms with Gasteiger partial charge in [0.1, 0.15) is 11.6 Å². The maximum Gasteiger partial charge on any atom is 0.257 e. The highest BCUT2D eigenvalue weighted by atomic mass is 19.1. The molecule has 1 aromatic rings. The van der Waals surface area contributed by atoms with E-state index in [1.807, 2.05) is 0 Å². The van der Waals surface area contributed by atoms with Gasteiger partial charge in [-0.2, -0.15) is 0 Å². The lowest BCUT2D eigenvalue weighted by Crippen LogP contribution is -2.49. The highest BCUT2D eigenvalue weighted by Gasteiger charge is 2.28. The first-order chi connectivity index (χ1) is 9.63. The minimum Gasteiger partial charge on any atom is -0.507 e. The third-order valence-electron chi connectivity index (χ3n) is 4.06. The molecule has 1 amide bonds. The van der Waals surface area contributed by atoms with Gasteiger partial charge in [0.2, 0.25) is 0 Å². The number of hydrogen-bond donors (Lipinski definition) is 1. The van der Waals surface area contributed by atoms with Crippen molar-refractivity contribution in [1.82, 2.24) is 9.80 Å². The van der Waals surface area contributed by atoms with Crippen LogP contribution in [0.1, 0.15) is 23.2 Å². The Balaban J connectivity index is 1.61. The molecule has 1 aliphatic carbocycles. The number of nitrogens with zero attached hydrogens (tertiary/aromatic N) is 2. The molecule has 5 heteroatoms. The molecule has 0 radical (unpaired) electrons. The van der Waals surface area contributed by atoms with Crippen LogP contribution in [-0.2, 0) is 0 Å². The minimum atomic E-state index is -0.501. The van der Waals surface area contributed by atoms with Crippen LogP contribution in [0, 0.1) is 11.7 Å². The van der Waals surface area contributed by atoms with E-state index in [2.05, 4.69) is 4.90 Å². The first-order valence-electron chi connectivity index (χ1n) is 7.13. The fraction of sp³-hybridized carbons (Fsp3) is 0.533. The van der Waals surface area contributed by atoms with E-state index in [0.29, 0.717) is 13.1 Å². The third-order valence-corrected chi connectivity index (χ3v) is 4.06. The molecule has 108 valence electrons. The molecule has 4 nitrogen and oxygen atoms in total. The predicted octanol–water partition coefficient (Wildman–Crippen LogP) is 1.70. The van der Waals surface area contributed by atoms with E-state index in [1.54, 1.807) is 4.90 Å². The maximum atomic E-state index is 13.2. The number of benzene rings is 1. The van der Waals surface area contributed by atoms with Gasteiger partial charge in [0, 0.05) is 32.7 Å². The Hall–Kier alpha value is -1.62. The SMILES string of the molecule is O=C(c1cc(F)ccc1O)N1CCN(CC2CC2)CC1. The number of rotatable bonds is 3. The Kier molecular flexibility index (Phi) is 3.61. The Labute approximate surface area is 117 Å². The largest absolute Gasteiger partial charge is 0.507 e. The van der Waals surface area contributed by atoms with Crippen molar-refractivity contribution in [2.75, 3.05) is 32.7 Å². The highest BCUT2D eigenvalue weighted by molar-refractivity contribution is 5.96. The third kappa shape index (κ3) is 2.93. The number of carbonyl (C=O) groups is 1. The van der Waals surface area contributed by atoms with Crippen LogP contribution in [-0.4, -0.2) is 53.5 Å². The molecule has 20 heavy (non-hydrogen) atoms. The molecule has 0 unspecified atom stereocenters. The summed E-state index contributed by atoms with van der Waals surface area (Å²) in [5.41, 5.74) is 0.0562. The number of amides is 1. The summed E-state index contributed by atoms with van der Waals surface area (Å²) in [6.45, 7) is 4.13. The van der Waals surface area contributed by atoms with Crippen LogP contribution in [0.25, 0.3) is 0 Å². The predicted molar refractivity (Wildman–Crippen MR) is 73.1 cm³/mol. The first kappa shape index (κ1) is 13.4. The summed E-state index contributed by atoms with van der Waals surface area (Å²) in [5, 5.41) is 9.69. The number of aromatic hydroxyl groups is 1. The Bertz CT molecular complexity index is 509. The number of hydrogen-bond acceptors (Lipinski definition) is 3. The zero-order chi connectivity index (χ0) is 14.1. The number of halogens is 1. The van der Waals surface area contributed by atoms with Gasteiger partial charge in [0.15, 0.2) is 0 Å². The van der Waals surface area contributed by atoms with Gasteiger partial charge in [0.25, 0.3) is 5.91 Å². The van der Waals surface area contributed by atoms with E-state index >= 15 is 0 Å². The number of phenols is 1. The smallest absolute Gasteiger partial charge is 0.257 e. The van der Waals surface area contributed by atoms with Crippen molar-refractivity contribution >= 4 is 5.91 Å². The molecule has 2 fully saturated rings. The number of phenolic OH excluding ortho intramolecular Hbond substituents is 1. The quantitative estimate of drug-likeness (QED) is 0.915. The van der Waals surface area contributed by atoms with E-state index in [-0.39, 0.29) is 17.2 Å². The van der Waals surface area contributed by atoms with Crippen LogP contribution >= 0.6 is 0 Å². The molecule has 1 heterocycles. The molecule has 1 aromatic carbocycles. The fourth-order valence-electron chi connectivity index (χ4n) is 2.65. The topological polar surface area (TPSA) is 43.8 Å². The second-order valence-electron chi connectivity index (χ2n) is 5.70. The molecule has 1 saturated heterocycles. The fourth-order valence-corrected chi connectivity index (χ4v) is 2.65. The van der Waals surface area contributed by atoms with E-state index in [0.717, 1.165) is 37.7 Å². The number of carbonyl (C=O) groups excluding carboxylic acids is 1. The van der Waals surface area contributed by atoms with E-state index in [4.69, 9.17) is 0 Å². The van der Waals surface area contributed by atoms with Crippen molar-refractivity contribution in [3.63, 3.8) is 0 Å². The molecular formula is C15H19FN2O2. The van der Waals surface area contributed by atoms with Gasteiger partial charge < -0.3 is 10.0 Å². The molecule has 2 aliphatic rings. The van der Waals surface area contributed by atoms with Crippen molar-refractivity contribution < 1.29 is 14.3 Å². The van der Waals surface area contributed by atoms with E-state index < -0.39 is 5.82 Å². The molecule has 3 rings (SSSR count). The molecule has 1 aliphatic heterocycles. The van der Waals surface area contributed by atoms with Crippen LogP contribution in [0.15, 0.2) is 18.2 Å². The summed E-state index contributed by atoms with van der Waals surface area (Å²) in [7, 11) is 0. The maximum absolute atomic E-state index is 13.2. The van der Waals surface area contributed by atoms with Gasteiger partial charge in [-0.15, -0.1) is 0 Å². The summed E-state index contributed by atoms with van der Waals surface area (Å²) in [4.78, 5) is 16.4. The van der Waals surface area contributed by atoms with Crippen LogP contribution in [0.4, 0.5) is 4.39 Å². The second kappa shape index (κ2) is 5.40. The van der Waals surface area contributed by atoms with Gasteiger partial charge in [-0.1, -0.05) is 0 Å². The van der Waals surface area contributed by atoms with Crippen molar-refractivity contribution in [2.45, 2.75) is 12.8 Å². The molecule has 0 aromatic heterocycles. The lowest BCUT2D eigenvalue weighted by atomic mass is 10.1. The molecule has 0 atom stereocenters. The van der Waals surface area contributed by atoms with Gasteiger partial charge in [-0.3, -0.25) is 9.69 Å². The molecule has 0 spiro atoms. The average molecular weight is 278 g/mol.